The van der Waals surface area contributed by atoms with Crippen LogP contribution >= 0.6 is 11.6 Å². The zero-order valence-corrected chi connectivity index (χ0v) is 13.0. The van der Waals surface area contributed by atoms with E-state index in [0.29, 0.717) is 18.0 Å². The number of piperazine rings is 1. The Morgan fingerprint density at radius 2 is 2.00 bits per heavy atom. The van der Waals surface area contributed by atoms with Crippen LogP contribution in [0.3, 0.4) is 0 Å². The summed E-state index contributed by atoms with van der Waals surface area (Å²) in [5.41, 5.74) is 1.37. The third kappa shape index (κ3) is 4.20. The average molecular weight is 281 g/mol. The summed E-state index contributed by atoms with van der Waals surface area (Å²) in [5, 5.41) is 4.46. The van der Waals surface area contributed by atoms with Gasteiger partial charge in [-0.3, -0.25) is 4.90 Å². The van der Waals surface area contributed by atoms with E-state index >= 15 is 0 Å². The Bertz CT molecular complexity index is 388. The maximum Gasteiger partial charge on any atom is 0.0406 e. The van der Waals surface area contributed by atoms with Crippen molar-refractivity contribution in [2.24, 2.45) is 5.92 Å². The number of halogens is 1. The highest BCUT2D eigenvalue weighted by molar-refractivity contribution is 6.30. The molecular weight excluding hydrogens is 256 g/mol. The topological polar surface area (TPSA) is 15.3 Å². The Morgan fingerprint density at radius 1 is 1.32 bits per heavy atom. The fourth-order valence-electron chi connectivity index (χ4n) is 2.63. The first-order valence-corrected chi connectivity index (χ1v) is 7.66. The minimum Gasteiger partial charge on any atom is -0.311 e. The lowest BCUT2D eigenvalue weighted by atomic mass is 9.99. The van der Waals surface area contributed by atoms with Crippen LogP contribution in [0.1, 0.15) is 26.3 Å². The van der Waals surface area contributed by atoms with Crippen molar-refractivity contribution in [2.75, 3.05) is 19.6 Å². The molecule has 2 nitrogen and oxygen atoms in total. The third-order valence-electron chi connectivity index (χ3n) is 4.14. The predicted molar refractivity (Wildman–Crippen MR) is 82.8 cm³/mol. The molecule has 0 aliphatic carbocycles. The Labute approximate surface area is 122 Å². The maximum atomic E-state index is 5.92. The molecule has 1 aliphatic rings. The number of hydrogen-bond acceptors (Lipinski definition) is 2. The summed E-state index contributed by atoms with van der Waals surface area (Å²) in [7, 11) is 0. The monoisotopic (exact) mass is 280 g/mol. The summed E-state index contributed by atoms with van der Waals surface area (Å²) in [6.45, 7) is 10.3. The normalized spacial score (nSPS) is 24.9. The van der Waals surface area contributed by atoms with Crippen LogP contribution in [0.25, 0.3) is 0 Å². The van der Waals surface area contributed by atoms with Crippen molar-refractivity contribution in [3.05, 3.63) is 34.9 Å². The van der Waals surface area contributed by atoms with Crippen molar-refractivity contribution in [2.45, 2.75) is 39.3 Å². The van der Waals surface area contributed by atoms with Gasteiger partial charge in [0.1, 0.15) is 0 Å². The SMILES string of the molecule is CC(C)C1CN(CCc2ccc(Cl)cc2)C(C)CN1. The van der Waals surface area contributed by atoms with Crippen LogP contribution in [0.4, 0.5) is 0 Å². The van der Waals surface area contributed by atoms with Crippen molar-refractivity contribution in [1.29, 1.82) is 0 Å². The smallest absolute Gasteiger partial charge is 0.0406 e. The zero-order chi connectivity index (χ0) is 13.8. The van der Waals surface area contributed by atoms with Crippen LogP contribution < -0.4 is 5.32 Å². The first-order chi connectivity index (χ1) is 9.06. The summed E-state index contributed by atoms with van der Waals surface area (Å²) in [5.74, 6) is 0.700. The zero-order valence-electron chi connectivity index (χ0n) is 12.2. The highest BCUT2D eigenvalue weighted by Gasteiger charge is 2.26. The van der Waals surface area contributed by atoms with Gasteiger partial charge in [-0.2, -0.15) is 0 Å². The highest BCUT2D eigenvalue weighted by Crippen LogP contribution is 2.15. The molecule has 19 heavy (non-hydrogen) atoms. The molecule has 0 bridgehead atoms. The maximum absolute atomic E-state index is 5.92. The largest absolute Gasteiger partial charge is 0.311 e. The van der Waals surface area contributed by atoms with Gasteiger partial charge in [0.05, 0.1) is 0 Å². The minimum atomic E-state index is 0.626. The number of hydrogen-bond donors (Lipinski definition) is 1. The van der Waals surface area contributed by atoms with E-state index < -0.39 is 0 Å². The van der Waals surface area contributed by atoms with Gasteiger partial charge in [0.15, 0.2) is 0 Å². The molecule has 2 atom stereocenters. The van der Waals surface area contributed by atoms with Gasteiger partial charge in [0.2, 0.25) is 0 Å². The summed E-state index contributed by atoms with van der Waals surface area (Å²) in [6, 6.07) is 9.48. The standard InChI is InChI=1S/C16H25ClN2/c1-12(2)16-11-19(13(3)10-18-16)9-8-14-4-6-15(17)7-5-14/h4-7,12-13,16,18H,8-11H2,1-3H3. The summed E-state index contributed by atoms with van der Waals surface area (Å²) in [4.78, 5) is 2.61. The Morgan fingerprint density at radius 3 is 2.63 bits per heavy atom. The van der Waals surface area contributed by atoms with Crippen molar-refractivity contribution < 1.29 is 0 Å². The van der Waals surface area contributed by atoms with Gasteiger partial charge in [0.25, 0.3) is 0 Å². The van der Waals surface area contributed by atoms with Gasteiger partial charge in [0, 0.05) is 36.7 Å². The summed E-state index contributed by atoms with van der Waals surface area (Å²) < 4.78 is 0. The average Bonchev–Trinajstić information content (AvgIpc) is 2.39. The lowest BCUT2D eigenvalue weighted by Gasteiger charge is -2.40. The number of rotatable bonds is 4. The van der Waals surface area contributed by atoms with E-state index in [0.717, 1.165) is 31.1 Å². The van der Waals surface area contributed by atoms with Gasteiger partial charge >= 0.3 is 0 Å². The first kappa shape index (κ1) is 14.8. The predicted octanol–water partition coefficient (Wildman–Crippen LogP) is 3.20. The first-order valence-electron chi connectivity index (χ1n) is 7.28. The number of nitrogens with zero attached hydrogens (tertiary/aromatic N) is 1. The van der Waals surface area contributed by atoms with Crippen LogP contribution in [0, 0.1) is 5.92 Å². The van der Waals surface area contributed by atoms with E-state index in [1.54, 1.807) is 0 Å². The van der Waals surface area contributed by atoms with Gasteiger partial charge < -0.3 is 5.32 Å². The molecular formula is C16H25ClN2. The minimum absolute atomic E-state index is 0.626. The molecule has 3 heteroatoms. The molecule has 1 aliphatic heterocycles. The van der Waals surface area contributed by atoms with Crippen LogP contribution in [-0.4, -0.2) is 36.6 Å². The molecule has 106 valence electrons. The van der Waals surface area contributed by atoms with Gasteiger partial charge in [-0.15, -0.1) is 0 Å². The number of nitrogens with one attached hydrogen (secondary N) is 1. The van der Waals surface area contributed by atoms with Crippen LogP contribution in [0.5, 0.6) is 0 Å². The van der Waals surface area contributed by atoms with E-state index in [1.807, 2.05) is 12.1 Å². The van der Waals surface area contributed by atoms with E-state index in [1.165, 1.54) is 5.56 Å². The quantitative estimate of drug-likeness (QED) is 0.911. The molecule has 1 fully saturated rings. The second-order valence-electron chi connectivity index (χ2n) is 5.98. The molecule has 1 saturated heterocycles. The molecule has 0 saturated carbocycles. The molecule has 1 heterocycles. The van der Waals surface area contributed by atoms with Crippen LogP contribution in [0.2, 0.25) is 5.02 Å². The Balaban J connectivity index is 1.88. The van der Waals surface area contributed by atoms with Crippen LogP contribution in [-0.2, 0) is 6.42 Å². The molecule has 0 spiro atoms. The fourth-order valence-corrected chi connectivity index (χ4v) is 2.76. The molecule has 1 aromatic rings. The summed E-state index contributed by atoms with van der Waals surface area (Å²) in [6.07, 6.45) is 1.10. The van der Waals surface area contributed by atoms with E-state index in [4.69, 9.17) is 11.6 Å². The van der Waals surface area contributed by atoms with Gasteiger partial charge in [-0.1, -0.05) is 37.6 Å². The van der Waals surface area contributed by atoms with Crippen molar-refractivity contribution in [3.63, 3.8) is 0 Å². The highest BCUT2D eigenvalue weighted by atomic mass is 35.5. The van der Waals surface area contributed by atoms with Crippen molar-refractivity contribution in [3.8, 4) is 0 Å². The molecule has 0 radical (unpaired) electrons. The Kier molecular flexibility index (Phi) is 5.26. The molecule has 2 rings (SSSR count). The van der Waals surface area contributed by atoms with Crippen molar-refractivity contribution >= 4 is 11.6 Å². The lowest BCUT2D eigenvalue weighted by molar-refractivity contribution is 0.124. The third-order valence-corrected chi connectivity index (χ3v) is 4.39. The van der Waals surface area contributed by atoms with E-state index in [-0.39, 0.29) is 0 Å². The van der Waals surface area contributed by atoms with E-state index in [9.17, 15) is 0 Å². The second-order valence-corrected chi connectivity index (χ2v) is 6.42. The van der Waals surface area contributed by atoms with Gasteiger partial charge in [-0.25, -0.2) is 0 Å². The molecule has 1 aromatic carbocycles. The molecule has 1 N–H and O–H groups in total. The fraction of sp³-hybridized carbons (Fsp3) is 0.625. The second kappa shape index (κ2) is 6.74. The molecule has 0 aromatic heterocycles. The Hall–Kier alpha value is -0.570. The van der Waals surface area contributed by atoms with Gasteiger partial charge in [-0.05, 0) is 37.0 Å². The summed E-state index contributed by atoms with van der Waals surface area (Å²) >= 11 is 5.92. The molecule has 0 amide bonds. The van der Waals surface area contributed by atoms with Crippen molar-refractivity contribution in [1.82, 2.24) is 10.2 Å². The number of benzene rings is 1. The lowest BCUT2D eigenvalue weighted by Crippen LogP contribution is -2.57. The van der Waals surface area contributed by atoms with Crippen LogP contribution in [0.15, 0.2) is 24.3 Å². The van der Waals surface area contributed by atoms with E-state index in [2.05, 4.69) is 43.1 Å². The molecule has 2 unspecified atom stereocenters.